The highest BCUT2D eigenvalue weighted by Crippen LogP contribution is 2.39. The smallest absolute Gasteiger partial charge is 0.242 e. The Morgan fingerprint density at radius 3 is 2.76 bits per heavy atom. The van der Waals surface area contributed by atoms with Crippen molar-refractivity contribution in [3.63, 3.8) is 0 Å². The number of aromatic nitrogens is 2. The maximum atomic E-state index is 13.3. The van der Waals surface area contributed by atoms with Crippen LogP contribution < -0.4 is 10.1 Å². The van der Waals surface area contributed by atoms with Crippen LogP contribution in [0.3, 0.4) is 0 Å². The number of fused-ring (bicyclic) bond motifs is 1. The topological polar surface area (TPSA) is 64.1 Å². The van der Waals surface area contributed by atoms with Gasteiger partial charge in [-0.2, -0.15) is 0 Å². The highest BCUT2D eigenvalue weighted by Gasteiger charge is 2.25. The highest BCUT2D eigenvalue weighted by atomic mass is 32.2. The average molecular weight is 422 g/mol. The summed E-state index contributed by atoms with van der Waals surface area (Å²) >= 11 is 2.98. The van der Waals surface area contributed by atoms with Gasteiger partial charge in [0, 0.05) is 5.39 Å². The molecule has 29 heavy (non-hydrogen) atoms. The van der Waals surface area contributed by atoms with Crippen LogP contribution in [0, 0.1) is 6.92 Å². The van der Waals surface area contributed by atoms with Crippen molar-refractivity contribution in [3.05, 3.63) is 77.4 Å². The molecule has 0 spiro atoms. The first kappa shape index (κ1) is 19.4. The van der Waals surface area contributed by atoms with E-state index in [9.17, 15) is 4.79 Å². The fourth-order valence-electron chi connectivity index (χ4n) is 2.99. The number of nitrogens with zero attached hydrogens (tertiary/aromatic N) is 2. The zero-order valence-electron chi connectivity index (χ0n) is 16.0. The third-order valence-corrected chi connectivity index (χ3v) is 6.50. The van der Waals surface area contributed by atoms with Gasteiger partial charge in [-0.05, 0) is 41.6 Å². The van der Waals surface area contributed by atoms with Crippen LogP contribution in [0.2, 0.25) is 0 Å². The summed E-state index contributed by atoms with van der Waals surface area (Å²) in [6, 6.07) is 17.4. The molecule has 0 unspecified atom stereocenters. The third-order valence-electron chi connectivity index (χ3n) is 4.41. The molecule has 5 nitrogen and oxygen atoms in total. The Morgan fingerprint density at radius 2 is 1.97 bits per heavy atom. The van der Waals surface area contributed by atoms with E-state index >= 15 is 0 Å². The summed E-state index contributed by atoms with van der Waals surface area (Å²) in [5.74, 6) is 0.495. The minimum atomic E-state index is -0.473. The summed E-state index contributed by atoms with van der Waals surface area (Å²) in [5.41, 5.74) is 2.60. The second kappa shape index (κ2) is 8.63. The number of anilines is 1. The second-order valence-corrected chi connectivity index (χ2v) is 8.41. The SMILES string of the molecule is COc1ccc(C)cc1NC(=O)[C@H](Sc1ncnc2sccc12)c1ccccc1. The highest BCUT2D eigenvalue weighted by molar-refractivity contribution is 8.00. The molecule has 0 fully saturated rings. The lowest BCUT2D eigenvalue weighted by Crippen LogP contribution is -2.19. The van der Waals surface area contributed by atoms with Crippen molar-refractivity contribution in [1.29, 1.82) is 0 Å². The van der Waals surface area contributed by atoms with Crippen LogP contribution in [0.5, 0.6) is 5.75 Å². The Bertz CT molecular complexity index is 1150. The summed E-state index contributed by atoms with van der Waals surface area (Å²) in [7, 11) is 1.60. The molecule has 4 rings (SSSR count). The number of benzene rings is 2. The largest absolute Gasteiger partial charge is 0.495 e. The molecule has 4 aromatic rings. The molecule has 2 aromatic carbocycles. The fourth-order valence-corrected chi connectivity index (χ4v) is 4.87. The Labute approximate surface area is 177 Å². The van der Waals surface area contributed by atoms with E-state index in [0.29, 0.717) is 11.4 Å². The summed E-state index contributed by atoms with van der Waals surface area (Å²) in [5, 5.41) is 6.30. The number of ether oxygens (including phenoxy) is 1. The molecular formula is C22H19N3O2S2. The number of methoxy groups -OCH3 is 1. The lowest BCUT2D eigenvalue weighted by atomic mass is 10.1. The molecule has 0 saturated carbocycles. The first-order valence-corrected chi connectivity index (χ1v) is 10.8. The molecular weight excluding hydrogens is 402 g/mol. The van der Waals surface area contributed by atoms with E-state index in [-0.39, 0.29) is 5.91 Å². The van der Waals surface area contributed by atoms with Gasteiger partial charge >= 0.3 is 0 Å². The Hall–Kier alpha value is -2.90. The minimum absolute atomic E-state index is 0.132. The third kappa shape index (κ3) is 4.26. The van der Waals surface area contributed by atoms with Crippen molar-refractivity contribution >= 4 is 44.9 Å². The zero-order valence-corrected chi connectivity index (χ0v) is 17.6. The van der Waals surface area contributed by atoms with Crippen molar-refractivity contribution in [2.45, 2.75) is 17.2 Å². The molecule has 0 radical (unpaired) electrons. The lowest BCUT2D eigenvalue weighted by Gasteiger charge is -2.18. The van der Waals surface area contributed by atoms with Gasteiger partial charge < -0.3 is 10.1 Å². The normalized spacial score (nSPS) is 11.9. The van der Waals surface area contributed by atoms with Gasteiger partial charge in [-0.25, -0.2) is 9.97 Å². The molecule has 0 aliphatic carbocycles. The van der Waals surface area contributed by atoms with Gasteiger partial charge in [0.25, 0.3) is 0 Å². The van der Waals surface area contributed by atoms with Crippen LogP contribution in [-0.4, -0.2) is 23.0 Å². The van der Waals surface area contributed by atoms with Crippen molar-refractivity contribution in [3.8, 4) is 5.75 Å². The van der Waals surface area contributed by atoms with E-state index in [0.717, 1.165) is 26.4 Å². The number of amides is 1. The average Bonchev–Trinajstić information content (AvgIpc) is 3.22. The molecule has 7 heteroatoms. The molecule has 2 heterocycles. The number of hydrogen-bond acceptors (Lipinski definition) is 6. The molecule has 0 aliphatic heterocycles. The second-order valence-electron chi connectivity index (χ2n) is 6.42. The number of hydrogen-bond donors (Lipinski definition) is 1. The lowest BCUT2D eigenvalue weighted by molar-refractivity contribution is -0.115. The molecule has 1 amide bonds. The van der Waals surface area contributed by atoms with Crippen molar-refractivity contribution < 1.29 is 9.53 Å². The minimum Gasteiger partial charge on any atom is -0.495 e. The van der Waals surface area contributed by atoms with Crippen LogP contribution in [0.15, 0.2) is 71.3 Å². The van der Waals surface area contributed by atoms with Gasteiger partial charge in [0.05, 0.1) is 12.8 Å². The van der Waals surface area contributed by atoms with Gasteiger partial charge in [0.15, 0.2) is 0 Å². The van der Waals surface area contributed by atoms with Crippen LogP contribution in [0.1, 0.15) is 16.4 Å². The van der Waals surface area contributed by atoms with E-state index in [1.807, 2.05) is 66.9 Å². The molecule has 2 aromatic heterocycles. The summed E-state index contributed by atoms with van der Waals surface area (Å²) in [6.45, 7) is 1.98. The Kier molecular flexibility index (Phi) is 5.78. The number of carbonyl (C=O) groups excluding carboxylic acids is 1. The van der Waals surface area contributed by atoms with Gasteiger partial charge in [-0.1, -0.05) is 48.2 Å². The summed E-state index contributed by atoms with van der Waals surface area (Å²) in [6.07, 6.45) is 1.55. The van der Waals surface area contributed by atoms with E-state index in [1.165, 1.54) is 11.8 Å². The first-order chi connectivity index (χ1) is 14.2. The first-order valence-electron chi connectivity index (χ1n) is 9.01. The van der Waals surface area contributed by atoms with E-state index < -0.39 is 5.25 Å². The Morgan fingerprint density at radius 1 is 1.14 bits per heavy atom. The van der Waals surface area contributed by atoms with Crippen LogP contribution in [-0.2, 0) is 4.79 Å². The molecule has 0 aliphatic rings. The van der Waals surface area contributed by atoms with Crippen molar-refractivity contribution in [2.75, 3.05) is 12.4 Å². The van der Waals surface area contributed by atoms with Crippen molar-refractivity contribution in [1.82, 2.24) is 9.97 Å². The number of nitrogens with one attached hydrogen (secondary N) is 1. The molecule has 1 atom stereocenters. The fraction of sp³-hybridized carbons (Fsp3) is 0.136. The molecule has 1 N–H and O–H groups in total. The number of thiophene rings is 1. The van der Waals surface area contributed by atoms with E-state index in [1.54, 1.807) is 24.8 Å². The molecule has 0 saturated heterocycles. The van der Waals surface area contributed by atoms with E-state index in [4.69, 9.17) is 4.74 Å². The Balaban J connectivity index is 1.69. The maximum absolute atomic E-state index is 13.3. The number of aryl methyl sites for hydroxylation is 1. The van der Waals surface area contributed by atoms with Crippen LogP contribution in [0.25, 0.3) is 10.2 Å². The monoisotopic (exact) mass is 421 g/mol. The van der Waals surface area contributed by atoms with Gasteiger partial charge in [-0.15, -0.1) is 11.3 Å². The van der Waals surface area contributed by atoms with Gasteiger partial charge in [-0.3, -0.25) is 4.79 Å². The quantitative estimate of drug-likeness (QED) is 0.330. The number of carbonyl (C=O) groups is 1. The van der Waals surface area contributed by atoms with Crippen LogP contribution >= 0.6 is 23.1 Å². The predicted molar refractivity (Wildman–Crippen MR) is 119 cm³/mol. The molecule has 0 bridgehead atoms. The van der Waals surface area contributed by atoms with Gasteiger partial charge in [0.1, 0.15) is 27.2 Å². The number of thioether (sulfide) groups is 1. The number of rotatable bonds is 6. The van der Waals surface area contributed by atoms with Gasteiger partial charge in [0.2, 0.25) is 5.91 Å². The predicted octanol–water partition coefficient (Wildman–Crippen LogP) is 5.48. The summed E-state index contributed by atoms with van der Waals surface area (Å²) in [4.78, 5) is 23.0. The zero-order chi connectivity index (χ0) is 20.2. The van der Waals surface area contributed by atoms with Crippen molar-refractivity contribution in [2.24, 2.45) is 0 Å². The summed E-state index contributed by atoms with van der Waals surface area (Å²) < 4.78 is 5.41. The van der Waals surface area contributed by atoms with E-state index in [2.05, 4.69) is 15.3 Å². The molecule has 146 valence electrons. The standard InChI is InChI=1S/C22H19N3O2S2/c1-14-8-9-18(27-2)17(12-14)25-20(26)19(15-6-4-3-5-7-15)29-22-16-10-11-28-21(16)23-13-24-22/h3-13,19H,1-2H3,(H,25,26)/t19-/m1/s1. The maximum Gasteiger partial charge on any atom is 0.242 e. The van der Waals surface area contributed by atoms with Crippen LogP contribution in [0.4, 0.5) is 5.69 Å².